The minimum absolute atomic E-state index is 0.0674. The summed E-state index contributed by atoms with van der Waals surface area (Å²) in [6, 6.07) is 5.36. The van der Waals surface area contributed by atoms with Crippen molar-refractivity contribution in [3.05, 3.63) is 24.3 Å². The fourth-order valence-electron chi connectivity index (χ4n) is 3.28. The lowest BCUT2D eigenvalue weighted by Crippen LogP contribution is -2.40. The first-order chi connectivity index (χ1) is 10.8. The summed E-state index contributed by atoms with van der Waals surface area (Å²) in [5.41, 5.74) is 0.370. The molecule has 0 unspecified atom stereocenters. The van der Waals surface area contributed by atoms with Gasteiger partial charge in [0.15, 0.2) is 0 Å². The zero-order valence-corrected chi connectivity index (χ0v) is 12.8. The maximum Gasteiger partial charge on any atom is 0.310 e. The summed E-state index contributed by atoms with van der Waals surface area (Å²) in [5, 5.41) is 16.9. The summed E-state index contributed by atoms with van der Waals surface area (Å²) in [6.45, 7) is 0. The Balaban J connectivity index is 1.75. The van der Waals surface area contributed by atoms with Gasteiger partial charge in [-0.25, -0.2) is 13.6 Å². The normalized spacial score (nSPS) is 29.4. The number of carbonyl (C=O) groups is 2. The van der Waals surface area contributed by atoms with Crippen molar-refractivity contribution in [2.45, 2.75) is 29.9 Å². The maximum atomic E-state index is 12.4. The number of nitrogens with one attached hydrogen (secondary N) is 1. The van der Waals surface area contributed by atoms with E-state index >= 15 is 0 Å². The molecule has 4 atom stereocenters. The van der Waals surface area contributed by atoms with Crippen molar-refractivity contribution in [1.29, 1.82) is 0 Å². The molecular formula is C14H16N2O6S. The van der Waals surface area contributed by atoms with Crippen LogP contribution in [-0.4, -0.2) is 37.6 Å². The van der Waals surface area contributed by atoms with Crippen LogP contribution in [0.3, 0.4) is 0 Å². The zero-order valence-electron chi connectivity index (χ0n) is 12.0. The first-order valence-corrected chi connectivity index (χ1v) is 8.64. The Kier molecular flexibility index (Phi) is 3.86. The van der Waals surface area contributed by atoms with Crippen LogP contribution in [0.2, 0.25) is 0 Å². The number of carboxylic acid groups (broad SMARTS) is 1. The molecule has 0 saturated carbocycles. The molecule has 124 valence electrons. The Hall–Kier alpha value is -1.97. The lowest BCUT2D eigenvalue weighted by Gasteiger charge is -2.23. The standard InChI is InChI=1S/C14H16N2O6S/c15-23(20,21)8-3-1-7(2-4-8)16-13(17)11-9-5-6-10(22-9)12(11)14(18)19/h1-4,9-12H,5-6H2,(H,16,17)(H,18,19)(H2,15,20,21)/t9-,10-,11-,12-/m0/s1. The predicted octanol–water partition coefficient (Wildman–Crippen LogP) is 0.151. The van der Waals surface area contributed by atoms with E-state index in [1.807, 2.05) is 0 Å². The molecular weight excluding hydrogens is 324 g/mol. The number of carbonyl (C=O) groups excluding carboxylic acids is 1. The molecule has 9 heteroatoms. The molecule has 0 radical (unpaired) electrons. The van der Waals surface area contributed by atoms with Gasteiger partial charge < -0.3 is 15.2 Å². The minimum Gasteiger partial charge on any atom is -0.481 e. The number of rotatable bonds is 4. The van der Waals surface area contributed by atoms with E-state index in [1.54, 1.807) is 0 Å². The number of nitrogens with two attached hydrogens (primary N) is 1. The van der Waals surface area contributed by atoms with Crippen molar-refractivity contribution in [2.75, 3.05) is 5.32 Å². The number of hydrogen-bond donors (Lipinski definition) is 3. The SMILES string of the molecule is NS(=O)(=O)c1ccc(NC(=O)[C@@H]2[C@@H](C(=O)O)[C@@H]3CC[C@@H]2O3)cc1. The third kappa shape index (κ3) is 2.94. The third-order valence-corrected chi connectivity index (χ3v) is 5.24. The van der Waals surface area contributed by atoms with Gasteiger partial charge in [0.1, 0.15) is 0 Å². The molecule has 8 nitrogen and oxygen atoms in total. The molecule has 1 aromatic carbocycles. The number of ether oxygens (including phenoxy) is 1. The van der Waals surface area contributed by atoms with E-state index in [1.165, 1.54) is 24.3 Å². The first kappa shape index (κ1) is 15.9. The Bertz CT molecular complexity index is 745. The van der Waals surface area contributed by atoms with Crippen LogP contribution in [0, 0.1) is 11.8 Å². The second kappa shape index (κ2) is 5.59. The van der Waals surface area contributed by atoms with E-state index in [9.17, 15) is 23.1 Å². The van der Waals surface area contributed by atoms with Crippen LogP contribution < -0.4 is 10.5 Å². The van der Waals surface area contributed by atoms with Crippen LogP contribution >= 0.6 is 0 Å². The number of fused-ring (bicyclic) bond motifs is 2. The number of primary sulfonamides is 1. The highest BCUT2D eigenvalue weighted by Crippen LogP contribution is 2.44. The van der Waals surface area contributed by atoms with Gasteiger partial charge in [-0.05, 0) is 37.1 Å². The second-order valence-electron chi connectivity index (χ2n) is 5.74. The summed E-state index contributed by atoms with van der Waals surface area (Å²) in [5.74, 6) is -3.07. The van der Waals surface area contributed by atoms with Gasteiger partial charge in [0, 0.05) is 5.69 Å². The van der Waals surface area contributed by atoms with E-state index in [2.05, 4.69) is 5.32 Å². The van der Waals surface area contributed by atoms with E-state index in [-0.39, 0.29) is 11.0 Å². The number of benzene rings is 1. The van der Waals surface area contributed by atoms with Crippen molar-refractivity contribution >= 4 is 27.6 Å². The maximum absolute atomic E-state index is 12.4. The van der Waals surface area contributed by atoms with Crippen LogP contribution in [0.25, 0.3) is 0 Å². The number of aliphatic carboxylic acids is 1. The Morgan fingerprint density at radius 2 is 1.70 bits per heavy atom. The van der Waals surface area contributed by atoms with Gasteiger partial charge in [0.05, 0.1) is 28.9 Å². The summed E-state index contributed by atoms with van der Waals surface area (Å²) >= 11 is 0. The molecule has 2 saturated heterocycles. The Morgan fingerprint density at radius 1 is 1.13 bits per heavy atom. The largest absolute Gasteiger partial charge is 0.481 e. The van der Waals surface area contributed by atoms with Crippen molar-refractivity contribution in [1.82, 2.24) is 0 Å². The first-order valence-electron chi connectivity index (χ1n) is 7.09. The smallest absolute Gasteiger partial charge is 0.310 e. The minimum atomic E-state index is -3.80. The molecule has 0 spiro atoms. The van der Waals surface area contributed by atoms with Crippen LogP contribution in [0.1, 0.15) is 12.8 Å². The summed E-state index contributed by atoms with van der Waals surface area (Å²) in [4.78, 5) is 23.7. The van der Waals surface area contributed by atoms with Crippen molar-refractivity contribution in [2.24, 2.45) is 17.0 Å². The zero-order chi connectivity index (χ0) is 16.8. The highest BCUT2D eigenvalue weighted by Gasteiger charge is 2.55. The summed E-state index contributed by atoms with van der Waals surface area (Å²) < 4.78 is 27.9. The molecule has 2 aliphatic rings. The van der Waals surface area contributed by atoms with E-state index in [4.69, 9.17) is 9.88 Å². The molecule has 0 aromatic heterocycles. The average molecular weight is 340 g/mol. The molecule has 2 bridgehead atoms. The van der Waals surface area contributed by atoms with Crippen molar-refractivity contribution in [3.8, 4) is 0 Å². The van der Waals surface area contributed by atoms with Crippen LogP contribution in [0.4, 0.5) is 5.69 Å². The van der Waals surface area contributed by atoms with Crippen LogP contribution in [0.5, 0.6) is 0 Å². The highest BCUT2D eigenvalue weighted by atomic mass is 32.2. The molecule has 2 fully saturated rings. The number of carboxylic acids is 1. The van der Waals surface area contributed by atoms with Crippen molar-refractivity contribution in [3.63, 3.8) is 0 Å². The summed E-state index contributed by atoms with van der Waals surface area (Å²) in [7, 11) is -3.80. The van der Waals surface area contributed by atoms with Gasteiger partial charge in [-0.15, -0.1) is 0 Å². The van der Waals surface area contributed by atoms with Gasteiger partial charge in [0.2, 0.25) is 15.9 Å². The Morgan fingerprint density at radius 3 is 2.22 bits per heavy atom. The topological polar surface area (TPSA) is 136 Å². The fourth-order valence-corrected chi connectivity index (χ4v) is 3.79. The molecule has 3 rings (SSSR count). The third-order valence-electron chi connectivity index (χ3n) is 4.31. The molecule has 2 heterocycles. The monoisotopic (exact) mass is 340 g/mol. The van der Waals surface area contributed by atoms with Gasteiger partial charge >= 0.3 is 5.97 Å². The van der Waals surface area contributed by atoms with Gasteiger partial charge in [-0.1, -0.05) is 0 Å². The van der Waals surface area contributed by atoms with Gasteiger partial charge in [-0.3, -0.25) is 9.59 Å². The van der Waals surface area contributed by atoms with E-state index in [0.29, 0.717) is 18.5 Å². The quantitative estimate of drug-likeness (QED) is 0.714. The second-order valence-corrected chi connectivity index (χ2v) is 7.30. The lowest BCUT2D eigenvalue weighted by molar-refractivity contribution is -0.147. The fraction of sp³-hybridized carbons (Fsp3) is 0.429. The van der Waals surface area contributed by atoms with E-state index in [0.717, 1.165) is 0 Å². The highest BCUT2D eigenvalue weighted by molar-refractivity contribution is 7.89. The van der Waals surface area contributed by atoms with Crippen LogP contribution in [-0.2, 0) is 24.3 Å². The van der Waals surface area contributed by atoms with E-state index < -0.39 is 39.8 Å². The predicted molar refractivity (Wildman–Crippen MR) is 79.0 cm³/mol. The lowest BCUT2D eigenvalue weighted by atomic mass is 9.78. The number of hydrogen-bond acceptors (Lipinski definition) is 5. The number of sulfonamides is 1. The Labute approximate surface area is 132 Å². The molecule has 2 aliphatic heterocycles. The van der Waals surface area contributed by atoms with Gasteiger partial charge in [-0.2, -0.15) is 0 Å². The summed E-state index contributed by atoms with van der Waals surface area (Å²) in [6.07, 6.45) is 0.508. The van der Waals surface area contributed by atoms with Crippen molar-refractivity contribution < 1.29 is 27.9 Å². The number of anilines is 1. The molecule has 1 amide bonds. The number of amides is 1. The molecule has 1 aromatic rings. The molecule has 23 heavy (non-hydrogen) atoms. The van der Waals surface area contributed by atoms with Crippen LogP contribution in [0.15, 0.2) is 29.2 Å². The molecule has 0 aliphatic carbocycles. The van der Waals surface area contributed by atoms with Gasteiger partial charge in [0.25, 0.3) is 0 Å². The molecule has 4 N–H and O–H groups in total. The average Bonchev–Trinajstić information content (AvgIpc) is 3.07.